The summed E-state index contributed by atoms with van der Waals surface area (Å²) in [6, 6.07) is 8.03. The van der Waals surface area contributed by atoms with Crippen molar-refractivity contribution in [2.45, 2.75) is 6.04 Å². The quantitative estimate of drug-likeness (QED) is 0.612. The number of pyridine rings is 1. The lowest BCUT2D eigenvalue weighted by molar-refractivity contribution is 0.545. The van der Waals surface area contributed by atoms with Crippen LogP contribution in [0, 0.1) is 0 Å². The summed E-state index contributed by atoms with van der Waals surface area (Å²) < 4.78 is 1.96. The first-order valence-corrected chi connectivity index (χ1v) is 8.17. The fraction of sp³-hybridized carbons (Fsp3) is 0.125. The highest BCUT2D eigenvalue weighted by atomic mass is 32.1. The van der Waals surface area contributed by atoms with E-state index in [0.717, 1.165) is 11.2 Å². The van der Waals surface area contributed by atoms with E-state index in [1.165, 1.54) is 11.9 Å². The van der Waals surface area contributed by atoms with Gasteiger partial charge in [0.25, 0.3) is 0 Å². The van der Waals surface area contributed by atoms with Crippen molar-refractivity contribution in [3.63, 3.8) is 0 Å². The van der Waals surface area contributed by atoms with Crippen LogP contribution in [0.1, 0.15) is 11.6 Å². The molecule has 0 aromatic carbocycles. The van der Waals surface area contributed by atoms with E-state index >= 15 is 0 Å². The van der Waals surface area contributed by atoms with Crippen molar-refractivity contribution < 1.29 is 0 Å². The first-order chi connectivity index (χ1) is 11.4. The SMILES string of the molecule is c1cnc2ncnc(NCC(c3ccsc3)n3cccn3)c2c1. The van der Waals surface area contributed by atoms with Crippen molar-refractivity contribution in [3.05, 3.63) is 65.5 Å². The predicted octanol–water partition coefficient (Wildman–Crippen LogP) is 2.98. The second kappa shape index (κ2) is 6.13. The average molecular weight is 322 g/mol. The second-order valence-electron chi connectivity index (χ2n) is 5.04. The molecule has 4 aromatic rings. The minimum atomic E-state index is 0.109. The number of hydrogen-bond donors (Lipinski definition) is 1. The van der Waals surface area contributed by atoms with Gasteiger partial charge in [-0.25, -0.2) is 15.0 Å². The lowest BCUT2D eigenvalue weighted by atomic mass is 10.1. The van der Waals surface area contributed by atoms with Crippen LogP contribution in [0.3, 0.4) is 0 Å². The number of thiophene rings is 1. The standard InChI is InChI=1S/C16H14N6S/c1-3-13-15(17-5-1)19-11-20-16(13)18-9-14(12-4-8-23-10-12)22-7-2-6-21-22/h1-8,10-11,14H,9H2,(H,17,18,19,20). The summed E-state index contributed by atoms with van der Waals surface area (Å²) in [5.41, 5.74) is 1.92. The summed E-state index contributed by atoms with van der Waals surface area (Å²) in [7, 11) is 0. The molecule has 0 aliphatic heterocycles. The van der Waals surface area contributed by atoms with Crippen molar-refractivity contribution in [3.8, 4) is 0 Å². The monoisotopic (exact) mass is 322 g/mol. The fourth-order valence-corrected chi connectivity index (χ4v) is 3.23. The Morgan fingerprint density at radius 3 is 2.96 bits per heavy atom. The van der Waals surface area contributed by atoms with Crippen LogP contribution in [0.15, 0.2) is 59.9 Å². The van der Waals surface area contributed by atoms with E-state index in [1.807, 2.05) is 29.1 Å². The summed E-state index contributed by atoms with van der Waals surface area (Å²) in [5.74, 6) is 0.787. The molecule has 0 amide bonds. The first-order valence-electron chi connectivity index (χ1n) is 7.22. The number of nitrogens with one attached hydrogen (secondary N) is 1. The Balaban J connectivity index is 1.63. The molecular weight excluding hydrogens is 308 g/mol. The van der Waals surface area contributed by atoms with E-state index in [1.54, 1.807) is 23.7 Å². The summed E-state index contributed by atoms with van der Waals surface area (Å²) in [4.78, 5) is 12.8. The minimum absolute atomic E-state index is 0.109. The molecule has 4 aromatic heterocycles. The van der Waals surface area contributed by atoms with Crippen LogP contribution in [0.4, 0.5) is 5.82 Å². The van der Waals surface area contributed by atoms with Gasteiger partial charge in [-0.3, -0.25) is 4.68 Å². The van der Waals surface area contributed by atoms with E-state index in [2.05, 4.69) is 42.2 Å². The van der Waals surface area contributed by atoms with Crippen LogP contribution >= 0.6 is 11.3 Å². The second-order valence-corrected chi connectivity index (χ2v) is 5.82. The summed E-state index contributed by atoms with van der Waals surface area (Å²) in [6.07, 6.45) is 7.04. The van der Waals surface area contributed by atoms with Gasteiger partial charge in [-0.1, -0.05) is 0 Å². The Hall–Kier alpha value is -2.80. The van der Waals surface area contributed by atoms with Gasteiger partial charge in [-0.15, -0.1) is 0 Å². The van der Waals surface area contributed by atoms with Gasteiger partial charge in [0.1, 0.15) is 12.1 Å². The van der Waals surface area contributed by atoms with Gasteiger partial charge < -0.3 is 5.32 Å². The third-order valence-electron chi connectivity index (χ3n) is 3.64. The molecule has 0 radical (unpaired) electrons. The van der Waals surface area contributed by atoms with Crippen LogP contribution < -0.4 is 5.32 Å². The molecule has 114 valence electrons. The zero-order chi connectivity index (χ0) is 15.5. The molecule has 1 atom stereocenters. The molecule has 4 rings (SSSR count). The molecule has 7 heteroatoms. The van der Waals surface area contributed by atoms with Gasteiger partial charge >= 0.3 is 0 Å². The molecule has 0 saturated heterocycles. The number of rotatable bonds is 5. The number of fused-ring (bicyclic) bond motifs is 1. The highest BCUT2D eigenvalue weighted by molar-refractivity contribution is 7.07. The molecule has 1 unspecified atom stereocenters. The van der Waals surface area contributed by atoms with Crippen LogP contribution in [0.25, 0.3) is 11.0 Å². The maximum absolute atomic E-state index is 4.38. The molecule has 0 aliphatic rings. The van der Waals surface area contributed by atoms with Crippen LogP contribution in [-0.2, 0) is 0 Å². The molecule has 0 aliphatic carbocycles. The number of hydrogen-bond acceptors (Lipinski definition) is 6. The van der Waals surface area contributed by atoms with Crippen LogP contribution in [0.2, 0.25) is 0 Å². The molecule has 6 nitrogen and oxygen atoms in total. The Labute approximate surface area is 136 Å². The third-order valence-corrected chi connectivity index (χ3v) is 4.35. The predicted molar refractivity (Wildman–Crippen MR) is 90.5 cm³/mol. The number of aromatic nitrogens is 5. The third kappa shape index (κ3) is 2.78. The minimum Gasteiger partial charge on any atom is -0.367 e. The van der Waals surface area contributed by atoms with Crippen molar-refractivity contribution in [1.82, 2.24) is 24.7 Å². The lowest BCUT2D eigenvalue weighted by Crippen LogP contribution is -2.20. The highest BCUT2D eigenvalue weighted by Crippen LogP contribution is 2.22. The maximum atomic E-state index is 4.38. The van der Waals surface area contributed by atoms with E-state index in [0.29, 0.717) is 12.2 Å². The lowest BCUT2D eigenvalue weighted by Gasteiger charge is -2.18. The normalized spacial score (nSPS) is 12.3. The van der Waals surface area contributed by atoms with Gasteiger partial charge in [0.05, 0.1) is 11.4 Å². The molecule has 0 saturated carbocycles. The van der Waals surface area contributed by atoms with Gasteiger partial charge in [-0.2, -0.15) is 16.4 Å². The molecule has 23 heavy (non-hydrogen) atoms. The molecule has 0 fully saturated rings. The highest BCUT2D eigenvalue weighted by Gasteiger charge is 2.15. The van der Waals surface area contributed by atoms with Crippen molar-refractivity contribution in [1.29, 1.82) is 0 Å². The molecule has 0 spiro atoms. The summed E-state index contributed by atoms with van der Waals surface area (Å²) in [5, 5.41) is 12.9. The Morgan fingerprint density at radius 2 is 2.13 bits per heavy atom. The molecule has 0 bridgehead atoms. The summed E-state index contributed by atoms with van der Waals surface area (Å²) in [6.45, 7) is 0.680. The summed E-state index contributed by atoms with van der Waals surface area (Å²) >= 11 is 1.68. The van der Waals surface area contributed by atoms with Crippen molar-refractivity contribution in [2.75, 3.05) is 11.9 Å². The van der Waals surface area contributed by atoms with Crippen molar-refractivity contribution in [2.24, 2.45) is 0 Å². The van der Waals surface area contributed by atoms with Gasteiger partial charge in [0, 0.05) is 25.1 Å². The molecule has 4 heterocycles. The Kier molecular flexibility index (Phi) is 3.69. The largest absolute Gasteiger partial charge is 0.367 e. The van der Waals surface area contributed by atoms with E-state index in [4.69, 9.17) is 0 Å². The Bertz CT molecular complexity index is 848. The first kappa shape index (κ1) is 13.8. The van der Waals surface area contributed by atoms with Gasteiger partial charge in [0.2, 0.25) is 0 Å². The van der Waals surface area contributed by atoms with Crippen LogP contribution in [-0.4, -0.2) is 31.3 Å². The number of anilines is 1. The smallest absolute Gasteiger partial charge is 0.164 e. The zero-order valence-electron chi connectivity index (χ0n) is 12.2. The van der Waals surface area contributed by atoms with Gasteiger partial charge in [0.15, 0.2) is 5.65 Å². The van der Waals surface area contributed by atoms with E-state index in [9.17, 15) is 0 Å². The molecular formula is C16H14N6S. The molecule has 1 N–H and O–H groups in total. The number of nitrogens with zero attached hydrogens (tertiary/aromatic N) is 5. The van der Waals surface area contributed by atoms with E-state index < -0.39 is 0 Å². The van der Waals surface area contributed by atoms with Crippen molar-refractivity contribution >= 4 is 28.2 Å². The van der Waals surface area contributed by atoms with E-state index in [-0.39, 0.29) is 6.04 Å². The van der Waals surface area contributed by atoms with Crippen LogP contribution in [0.5, 0.6) is 0 Å². The average Bonchev–Trinajstić information content (AvgIpc) is 3.29. The Morgan fingerprint density at radius 1 is 1.13 bits per heavy atom. The van der Waals surface area contributed by atoms with Gasteiger partial charge in [-0.05, 0) is 40.6 Å². The maximum Gasteiger partial charge on any atom is 0.164 e. The topological polar surface area (TPSA) is 68.5 Å². The zero-order valence-corrected chi connectivity index (χ0v) is 13.0. The fourth-order valence-electron chi connectivity index (χ4n) is 2.52.